The van der Waals surface area contributed by atoms with Crippen LogP contribution in [0, 0.1) is 0 Å². The SMILES string of the molecule is COc1cc(CCNC(=O)[C@@H](O)c2ccc(-c3ccccc3)cc2)ccc1O. The molecule has 0 aliphatic carbocycles. The minimum Gasteiger partial charge on any atom is -0.504 e. The Hall–Kier alpha value is -3.31. The number of aliphatic hydroxyl groups is 1. The summed E-state index contributed by atoms with van der Waals surface area (Å²) in [6.45, 7) is 0.367. The fraction of sp³-hybridized carbons (Fsp3) is 0.174. The number of amides is 1. The minimum atomic E-state index is -1.22. The van der Waals surface area contributed by atoms with E-state index in [1.165, 1.54) is 7.11 Å². The largest absolute Gasteiger partial charge is 0.504 e. The van der Waals surface area contributed by atoms with Crippen molar-refractivity contribution in [1.29, 1.82) is 0 Å². The molecule has 0 bridgehead atoms. The van der Waals surface area contributed by atoms with Crippen LogP contribution >= 0.6 is 0 Å². The summed E-state index contributed by atoms with van der Waals surface area (Å²) in [6.07, 6.45) is -0.665. The maximum absolute atomic E-state index is 12.2. The number of phenols is 1. The van der Waals surface area contributed by atoms with E-state index in [0.29, 0.717) is 24.3 Å². The summed E-state index contributed by atoms with van der Waals surface area (Å²) in [6, 6.07) is 22.3. The smallest absolute Gasteiger partial charge is 0.253 e. The first kappa shape index (κ1) is 19.5. The number of hydrogen-bond donors (Lipinski definition) is 3. The molecule has 3 aromatic rings. The van der Waals surface area contributed by atoms with Crippen LogP contribution < -0.4 is 10.1 Å². The summed E-state index contributed by atoms with van der Waals surface area (Å²) in [5.41, 5.74) is 3.57. The summed E-state index contributed by atoms with van der Waals surface area (Å²) >= 11 is 0. The highest BCUT2D eigenvalue weighted by molar-refractivity contribution is 5.82. The van der Waals surface area contributed by atoms with Gasteiger partial charge in [-0.05, 0) is 40.8 Å². The van der Waals surface area contributed by atoms with Crippen LogP contribution in [0.5, 0.6) is 11.5 Å². The van der Waals surface area contributed by atoms with Crippen molar-refractivity contribution in [2.75, 3.05) is 13.7 Å². The third-order valence-electron chi connectivity index (χ3n) is 4.54. The highest BCUT2D eigenvalue weighted by Gasteiger charge is 2.17. The minimum absolute atomic E-state index is 0.0738. The van der Waals surface area contributed by atoms with Gasteiger partial charge in [-0.1, -0.05) is 60.7 Å². The molecule has 0 aliphatic rings. The molecule has 0 radical (unpaired) electrons. The van der Waals surface area contributed by atoms with Crippen molar-refractivity contribution in [2.24, 2.45) is 0 Å². The zero-order valence-corrected chi connectivity index (χ0v) is 15.6. The van der Waals surface area contributed by atoms with Crippen molar-refractivity contribution in [1.82, 2.24) is 5.32 Å². The predicted octanol–water partition coefficient (Wildman–Crippen LogP) is 3.46. The Morgan fingerprint density at radius 2 is 1.68 bits per heavy atom. The topological polar surface area (TPSA) is 78.8 Å². The number of aliphatic hydroxyl groups excluding tert-OH is 1. The van der Waals surface area contributed by atoms with E-state index < -0.39 is 12.0 Å². The summed E-state index contributed by atoms with van der Waals surface area (Å²) in [7, 11) is 1.49. The summed E-state index contributed by atoms with van der Waals surface area (Å²) in [5.74, 6) is 0.0187. The van der Waals surface area contributed by atoms with Crippen molar-refractivity contribution in [3.05, 3.63) is 83.9 Å². The molecular weight excluding hydrogens is 354 g/mol. The molecule has 0 saturated heterocycles. The molecule has 5 nitrogen and oxygen atoms in total. The van der Waals surface area contributed by atoms with Crippen LogP contribution in [-0.2, 0) is 11.2 Å². The van der Waals surface area contributed by atoms with E-state index >= 15 is 0 Å². The number of benzene rings is 3. The average Bonchev–Trinajstić information content (AvgIpc) is 2.75. The second kappa shape index (κ2) is 9.06. The van der Waals surface area contributed by atoms with Crippen LogP contribution in [0.3, 0.4) is 0 Å². The highest BCUT2D eigenvalue weighted by Crippen LogP contribution is 2.26. The first-order valence-corrected chi connectivity index (χ1v) is 9.05. The van der Waals surface area contributed by atoms with Crippen molar-refractivity contribution in [3.8, 4) is 22.6 Å². The Bertz CT molecular complexity index is 923. The Morgan fingerprint density at radius 3 is 2.36 bits per heavy atom. The normalized spacial score (nSPS) is 11.6. The number of rotatable bonds is 7. The van der Waals surface area contributed by atoms with Crippen molar-refractivity contribution >= 4 is 5.91 Å². The Balaban J connectivity index is 1.55. The maximum Gasteiger partial charge on any atom is 0.253 e. The number of ether oxygens (including phenoxy) is 1. The molecule has 5 heteroatoms. The van der Waals surface area contributed by atoms with Gasteiger partial charge in [0.05, 0.1) is 7.11 Å². The Kier molecular flexibility index (Phi) is 6.29. The van der Waals surface area contributed by atoms with Gasteiger partial charge in [0.15, 0.2) is 17.6 Å². The molecule has 3 N–H and O–H groups in total. The third-order valence-corrected chi connectivity index (χ3v) is 4.54. The molecule has 1 amide bonds. The number of carbonyl (C=O) groups is 1. The highest BCUT2D eigenvalue weighted by atomic mass is 16.5. The summed E-state index contributed by atoms with van der Waals surface area (Å²) in [5, 5.41) is 22.6. The molecule has 0 heterocycles. The number of hydrogen-bond acceptors (Lipinski definition) is 4. The quantitative estimate of drug-likeness (QED) is 0.589. The van der Waals surface area contributed by atoms with Crippen molar-refractivity contribution < 1.29 is 19.7 Å². The molecular formula is C23H23NO4. The summed E-state index contributed by atoms with van der Waals surface area (Å²) < 4.78 is 5.07. The lowest BCUT2D eigenvalue weighted by molar-refractivity contribution is -0.129. The van der Waals surface area contributed by atoms with Crippen LogP contribution in [-0.4, -0.2) is 29.8 Å². The van der Waals surface area contributed by atoms with Crippen LogP contribution in [0.1, 0.15) is 17.2 Å². The first-order valence-electron chi connectivity index (χ1n) is 9.05. The van der Waals surface area contributed by atoms with Crippen LogP contribution in [0.2, 0.25) is 0 Å². The summed E-state index contributed by atoms with van der Waals surface area (Å²) in [4.78, 5) is 12.2. The van der Waals surface area contributed by atoms with Gasteiger partial charge in [-0.3, -0.25) is 4.79 Å². The van der Waals surface area contributed by atoms with Gasteiger partial charge in [0, 0.05) is 6.54 Å². The van der Waals surface area contributed by atoms with E-state index in [1.54, 1.807) is 30.3 Å². The lowest BCUT2D eigenvalue weighted by atomic mass is 10.0. The molecule has 0 spiro atoms. The monoisotopic (exact) mass is 377 g/mol. The average molecular weight is 377 g/mol. The zero-order chi connectivity index (χ0) is 19.9. The Morgan fingerprint density at radius 1 is 1.00 bits per heavy atom. The van der Waals surface area contributed by atoms with Crippen molar-refractivity contribution in [2.45, 2.75) is 12.5 Å². The molecule has 144 valence electrons. The van der Waals surface area contributed by atoms with E-state index in [1.807, 2.05) is 42.5 Å². The van der Waals surface area contributed by atoms with E-state index in [4.69, 9.17) is 4.74 Å². The molecule has 28 heavy (non-hydrogen) atoms. The van der Waals surface area contributed by atoms with Gasteiger partial charge >= 0.3 is 0 Å². The standard InChI is InChI=1S/C23H23NO4/c1-28-21-15-16(7-12-20(21)25)13-14-24-23(27)22(26)19-10-8-18(9-11-19)17-5-3-2-4-6-17/h2-12,15,22,25-26H,13-14H2,1H3,(H,24,27)/t22-/m0/s1. The number of aromatic hydroxyl groups is 1. The van der Waals surface area contributed by atoms with Crippen LogP contribution in [0.15, 0.2) is 72.8 Å². The zero-order valence-electron chi connectivity index (χ0n) is 15.6. The number of methoxy groups -OCH3 is 1. The molecule has 0 fully saturated rings. The molecule has 3 rings (SSSR count). The second-order valence-electron chi connectivity index (χ2n) is 6.44. The number of nitrogens with one attached hydrogen (secondary N) is 1. The molecule has 0 aromatic heterocycles. The number of phenolic OH excluding ortho intramolecular Hbond substituents is 1. The van der Waals surface area contributed by atoms with Gasteiger partial charge in [-0.15, -0.1) is 0 Å². The fourth-order valence-electron chi connectivity index (χ4n) is 2.94. The van der Waals surface area contributed by atoms with Crippen LogP contribution in [0.4, 0.5) is 0 Å². The molecule has 0 saturated carbocycles. The first-order chi connectivity index (χ1) is 13.6. The molecule has 0 aliphatic heterocycles. The van der Waals surface area contributed by atoms with Crippen LogP contribution in [0.25, 0.3) is 11.1 Å². The van der Waals surface area contributed by atoms with E-state index in [0.717, 1.165) is 16.7 Å². The lowest BCUT2D eigenvalue weighted by Gasteiger charge is -2.13. The van der Waals surface area contributed by atoms with Gasteiger partial charge in [0.1, 0.15) is 0 Å². The molecule has 3 aromatic carbocycles. The lowest BCUT2D eigenvalue weighted by Crippen LogP contribution is -2.30. The second-order valence-corrected chi connectivity index (χ2v) is 6.44. The maximum atomic E-state index is 12.2. The number of carbonyl (C=O) groups excluding carboxylic acids is 1. The van der Waals surface area contributed by atoms with Gasteiger partial charge in [-0.2, -0.15) is 0 Å². The Labute approximate surface area is 164 Å². The van der Waals surface area contributed by atoms with Crippen molar-refractivity contribution in [3.63, 3.8) is 0 Å². The van der Waals surface area contributed by atoms with Gasteiger partial charge < -0.3 is 20.3 Å². The van der Waals surface area contributed by atoms with Gasteiger partial charge in [0.2, 0.25) is 0 Å². The predicted molar refractivity (Wildman–Crippen MR) is 108 cm³/mol. The molecule has 0 unspecified atom stereocenters. The van der Waals surface area contributed by atoms with E-state index in [2.05, 4.69) is 5.32 Å². The van der Waals surface area contributed by atoms with Gasteiger partial charge in [0.25, 0.3) is 5.91 Å². The van der Waals surface area contributed by atoms with E-state index in [-0.39, 0.29) is 5.75 Å². The fourth-order valence-corrected chi connectivity index (χ4v) is 2.94. The van der Waals surface area contributed by atoms with Gasteiger partial charge in [-0.25, -0.2) is 0 Å². The third kappa shape index (κ3) is 4.69. The molecule has 1 atom stereocenters. The van der Waals surface area contributed by atoms with E-state index in [9.17, 15) is 15.0 Å².